The number of hydrogen-bond acceptors (Lipinski definition) is 3. The normalized spacial score (nSPS) is 10.3. The molecule has 0 radical (unpaired) electrons. The Morgan fingerprint density at radius 1 is 1.32 bits per heavy atom. The van der Waals surface area contributed by atoms with Gasteiger partial charge in [-0.2, -0.15) is 0 Å². The Morgan fingerprint density at radius 3 is 2.74 bits per heavy atom. The number of carbonyl (C=O) groups is 1. The number of anilines is 2. The third-order valence-electron chi connectivity index (χ3n) is 2.36. The summed E-state index contributed by atoms with van der Waals surface area (Å²) in [5.74, 6) is -3.11. The molecule has 1 aromatic carbocycles. The van der Waals surface area contributed by atoms with Crippen LogP contribution in [-0.4, -0.2) is 10.9 Å². The fraction of sp³-hybridized carbons (Fsp3) is 0. The van der Waals surface area contributed by atoms with Gasteiger partial charge in [0.25, 0.3) is 5.91 Å². The van der Waals surface area contributed by atoms with E-state index in [0.717, 1.165) is 12.1 Å². The summed E-state index contributed by atoms with van der Waals surface area (Å²) in [4.78, 5) is 15.6. The second-order valence-corrected chi connectivity index (χ2v) is 4.04. The molecule has 0 aliphatic carbocycles. The van der Waals surface area contributed by atoms with E-state index in [0.29, 0.717) is 0 Å². The van der Waals surface area contributed by atoms with Crippen molar-refractivity contribution in [2.75, 3.05) is 11.1 Å². The molecule has 0 unspecified atom stereocenters. The molecule has 0 atom stereocenters. The number of amides is 1. The maximum absolute atomic E-state index is 13.6. The van der Waals surface area contributed by atoms with E-state index in [4.69, 9.17) is 17.3 Å². The van der Waals surface area contributed by atoms with Gasteiger partial charge >= 0.3 is 0 Å². The fourth-order valence-electron chi connectivity index (χ4n) is 1.43. The maximum atomic E-state index is 13.6. The minimum absolute atomic E-state index is 0.149. The molecule has 0 bridgehead atoms. The third kappa shape index (κ3) is 2.63. The van der Waals surface area contributed by atoms with Crippen molar-refractivity contribution in [3.8, 4) is 0 Å². The lowest BCUT2D eigenvalue weighted by molar-refractivity contribution is 0.101. The van der Waals surface area contributed by atoms with Crippen molar-refractivity contribution >= 4 is 28.9 Å². The van der Waals surface area contributed by atoms with E-state index in [2.05, 4.69) is 10.3 Å². The fourth-order valence-corrected chi connectivity index (χ4v) is 1.58. The third-order valence-corrected chi connectivity index (χ3v) is 2.69. The minimum Gasteiger partial charge on any atom is -0.396 e. The van der Waals surface area contributed by atoms with E-state index in [-0.39, 0.29) is 16.4 Å². The molecule has 0 aliphatic rings. The van der Waals surface area contributed by atoms with Crippen LogP contribution in [0.1, 0.15) is 10.4 Å². The van der Waals surface area contributed by atoms with Gasteiger partial charge in [-0.15, -0.1) is 0 Å². The second kappa shape index (κ2) is 5.19. The molecular weight excluding hydrogens is 276 g/mol. The van der Waals surface area contributed by atoms with Crippen LogP contribution in [0.3, 0.4) is 0 Å². The number of hydrogen-bond donors (Lipinski definition) is 2. The number of pyridine rings is 1. The summed E-state index contributed by atoms with van der Waals surface area (Å²) in [6.07, 6.45) is 2.68. The Balaban J connectivity index is 2.36. The lowest BCUT2D eigenvalue weighted by atomic mass is 10.1. The highest BCUT2D eigenvalue weighted by molar-refractivity contribution is 6.33. The largest absolute Gasteiger partial charge is 0.396 e. The van der Waals surface area contributed by atoms with Gasteiger partial charge in [0.1, 0.15) is 11.4 Å². The molecule has 98 valence electrons. The van der Waals surface area contributed by atoms with Crippen LogP contribution < -0.4 is 11.1 Å². The Hall–Kier alpha value is -2.21. The summed E-state index contributed by atoms with van der Waals surface area (Å²) in [5.41, 5.74) is 4.36. The van der Waals surface area contributed by atoms with E-state index in [1.54, 1.807) is 0 Å². The zero-order chi connectivity index (χ0) is 14.0. The molecule has 0 spiro atoms. The van der Waals surface area contributed by atoms with E-state index in [1.165, 1.54) is 18.5 Å². The van der Waals surface area contributed by atoms with Crippen LogP contribution >= 0.6 is 11.6 Å². The predicted octanol–water partition coefficient (Wildman–Crippen LogP) is 2.85. The van der Waals surface area contributed by atoms with Gasteiger partial charge in [0, 0.05) is 6.20 Å². The van der Waals surface area contributed by atoms with Gasteiger partial charge in [0.15, 0.2) is 5.82 Å². The van der Waals surface area contributed by atoms with Crippen LogP contribution in [-0.2, 0) is 0 Å². The van der Waals surface area contributed by atoms with Crippen LogP contribution in [0.2, 0.25) is 5.02 Å². The first kappa shape index (κ1) is 13.2. The molecule has 0 saturated carbocycles. The molecule has 2 aromatic rings. The number of benzene rings is 1. The highest BCUT2D eigenvalue weighted by Crippen LogP contribution is 2.23. The molecule has 19 heavy (non-hydrogen) atoms. The summed E-state index contributed by atoms with van der Waals surface area (Å²) in [6, 6.07) is 3.39. The maximum Gasteiger partial charge on any atom is 0.261 e. The van der Waals surface area contributed by atoms with Crippen molar-refractivity contribution in [2.45, 2.75) is 0 Å². The Bertz CT molecular complexity index is 649. The average Bonchev–Trinajstić information content (AvgIpc) is 2.37. The van der Waals surface area contributed by atoms with Crippen molar-refractivity contribution in [2.24, 2.45) is 0 Å². The second-order valence-electron chi connectivity index (χ2n) is 3.64. The molecule has 0 aliphatic heterocycles. The molecule has 1 amide bonds. The molecule has 2 rings (SSSR count). The summed E-state index contributed by atoms with van der Waals surface area (Å²) in [7, 11) is 0. The van der Waals surface area contributed by atoms with Crippen molar-refractivity contribution in [3.63, 3.8) is 0 Å². The van der Waals surface area contributed by atoms with E-state index in [1.807, 2.05) is 0 Å². The van der Waals surface area contributed by atoms with Gasteiger partial charge in [0.2, 0.25) is 0 Å². The smallest absolute Gasteiger partial charge is 0.261 e. The molecular formula is C12H8ClF2N3O. The summed E-state index contributed by atoms with van der Waals surface area (Å²) in [5, 5.41) is 2.47. The summed E-state index contributed by atoms with van der Waals surface area (Å²) >= 11 is 5.80. The first-order valence-corrected chi connectivity index (χ1v) is 5.53. The minimum atomic E-state index is -1.11. The molecule has 3 N–H and O–H groups in total. The van der Waals surface area contributed by atoms with Crippen molar-refractivity contribution < 1.29 is 13.6 Å². The lowest BCUT2D eigenvalue weighted by Crippen LogP contribution is -2.17. The number of nitrogens with zero attached hydrogens (tertiary/aromatic N) is 1. The number of halogens is 3. The average molecular weight is 284 g/mol. The molecule has 1 heterocycles. The number of nitrogens with two attached hydrogens (primary N) is 1. The van der Waals surface area contributed by atoms with Crippen LogP contribution in [0, 0.1) is 11.6 Å². The lowest BCUT2D eigenvalue weighted by Gasteiger charge is -2.09. The monoisotopic (exact) mass is 283 g/mol. The highest BCUT2D eigenvalue weighted by atomic mass is 35.5. The van der Waals surface area contributed by atoms with Gasteiger partial charge in [0.05, 0.1) is 22.6 Å². The van der Waals surface area contributed by atoms with Crippen LogP contribution in [0.25, 0.3) is 0 Å². The van der Waals surface area contributed by atoms with Crippen LogP contribution in [0.15, 0.2) is 30.6 Å². The van der Waals surface area contributed by atoms with E-state index >= 15 is 0 Å². The summed E-state index contributed by atoms with van der Waals surface area (Å²) in [6.45, 7) is 0. The van der Waals surface area contributed by atoms with Gasteiger partial charge in [-0.05, 0) is 18.2 Å². The SMILES string of the molecule is Nc1ccc(F)c(C(=O)Nc2cnccc2Cl)c1F. The van der Waals surface area contributed by atoms with E-state index in [9.17, 15) is 13.6 Å². The standard InChI is InChI=1S/C12H8ClF2N3O/c13-6-3-4-17-5-9(6)18-12(19)10-7(14)1-2-8(16)11(10)15/h1-5H,16H2,(H,18,19). The zero-order valence-corrected chi connectivity index (χ0v) is 10.2. The number of aromatic nitrogens is 1. The summed E-state index contributed by atoms with van der Waals surface area (Å²) < 4.78 is 27.1. The highest BCUT2D eigenvalue weighted by Gasteiger charge is 2.20. The molecule has 0 saturated heterocycles. The molecule has 1 aromatic heterocycles. The zero-order valence-electron chi connectivity index (χ0n) is 9.45. The van der Waals surface area contributed by atoms with Gasteiger partial charge < -0.3 is 11.1 Å². The van der Waals surface area contributed by atoms with Crippen LogP contribution in [0.5, 0.6) is 0 Å². The van der Waals surface area contributed by atoms with Gasteiger partial charge in [-0.25, -0.2) is 8.78 Å². The molecule has 0 fully saturated rings. The Kier molecular flexibility index (Phi) is 3.62. The van der Waals surface area contributed by atoms with Crippen molar-refractivity contribution in [1.82, 2.24) is 4.98 Å². The van der Waals surface area contributed by atoms with Crippen molar-refractivity contribution in [3.05, 3.63) is 52.8 Å². The molecule has 7 heteroatoms. The number of nitrogens with one attached hydrogen (secondary N) is 1. The Morgan fingerprint density at radius 2 is 2.05 bits per heavy atom. The predicted molar refractivity (Wildman–Crippen MR) is 68.0 cm³/mol. The van der Waals surface area contributed by atoms with E-state index < -0.39 is 23.1 Å². The number of rotatable bonds is 2. The first-order valence-electron chi connectivity index (χ1n) is 5.15. The van der Waals surface area contributed by atoms with Crippen LogP contribution in [0.4, 0.5) is 20.2 Å². The number of carbonyl (C=O) groups excluding carboxylic acids is 1. The topological polar surface area (TPSA) is 68.0 Å². The molecule has 4 nitrogen and oxygen atoms in total. The number of nitrogen functional groups attached to an aromatic ring is 1. The van der Waals surface area contributed by atoms with Gasteiger partial charge in [-0.1, -0.05) is 11.6 Å². The van der Waals surface area contributed by atoms with Crippen molar-refractivity contribution in [1.29, 1.82) is 0 Å². The first-order chi connectivity index (χ1) is 9.00. The quantitative estimate of drug-likeness (QED) is 0.833. The van der Waals surface area contributed by atoms with Gasteiger partial charge in [-0.3, -0.25) is 9.78 Å². The Labute approximate surface area is 112 Å².